The number of anilines is 1. The number of allylic oxidation sites excluding steroid dienone is 1. The second kappa shape index (κ2) is 15.5. The first-order chi connectivity index (χ1) is 22.1. The Bertz CT molecular complexity index is 1460. The lowest BCUT2D eigenvalue weighted by Gasteiger charge is -2.40. The lowest BCUT2D eigenvalue weighted by atomic mass is 9.91. The van der Waals surface area contributed by atoms with E-state index < -0.39 is 26.8 Å². The molecule has 1 amide bonds. The number of carbonyl (C=O) groups excluding carboxylic acids is 2. The van der Waals surface area contributed by atoms with Crippen LogP contribution >= 0.6 is 11.3 Å². The van der Waals surface area contributed by atoms with Gasteiger partial charge in [-0.1, -0.05) is 5.57 Å². The highest BCUT2D eigenvalue weighted by Crippen LogP contribution is 2.37. The molecule has 2 aromatic rings. The van der Waals surface area contributed by atoms with Gasteiger partial charge in [-0.2, -0.15) is 0 Å². The third-order valence-corrected chi connectivity index (χ3v) is 12.9. The summed E-state index contributed by atoms with van der Waals surface area (Å²) in [7, 11) is -2.45. The van der Waals surface area contributed by atoms with E-state index in [1.807, 2.05) is 38.1 Å². The zero-order chi connectivity index (χ0) is 32.7. The summed E-state index contributed by atoms with van der Waals surface area (Å²) in [5, 5.41) is 0. The van der Waals surface area contributed by atoms with Gasteiger partial charge in [-0.05, 0) is 94.8 Å². The van der Waals surface area contributed by atoms with E-state index in [-0.39, 0.29) is 29.4 Å². The number of amides is 1. The molecule has 1 unspecified atom stereocenters. The normalized spacial score (nSPS) is 21.1. The number of ether oxygens (including phenoxy) is 2. The molecular weight excluding hydrogens is 627 g/mol. The van der Waals surface area contributed by atoms with Crippen LogP contribution in [0.3, 0.4) is 0 Å². The Morgan fingerprint density at radius 3 is 2.37 bits per heavy atom. The quantitative estimate of drug-likeness (QED) is 0.243. The van der Waals surface area contributed by atoms with E-state index in [2.05, 4.69) is 21.4 Å². The number of thiophene rings is 1. The Balaban J connectivity index is 1.25. The molecule has 3 aliphatic heterocycles. The maximum absolute atomic E-state index is 14.3. The number of likely N-dealkylation sites (tertiary alicyclic amines) is 1. The van der Waals surface area contributed by atoms with Crippen molar-refractivity contribution in [3.8, 4) is 0 Å². The second-order valence-electron chi connectivity index (χ2n) is 12.7. The molecule has 1 N–H and O–H groups in total. The Kier molecular flexibility index (Phi) is 11.7. The number of rotatable bonds is 12. The number of benzene rings is 1. The van der Waals surface area contributed by atoms with Crippen LogP contribution in [-0.2, 0) is 28.9 Å². The molecule has 3 fully saturated rings. The van der Waals surface area contributed by atoms with Gasteiger partial charge in [0.05, 0.1) is 16.4 Å². The number of ketones is 1. The summed E-state index contributed by atoms with van der Waals surface area (Å²) in [4.78, 5) is 38.8. The molecule has 0 saturated carbocycles. The third-order valence-electron chi connectivity index (χ3n) is 9.30. The topological polar surface area (TPSA) is 114 Å². The van der Waals surface area contributed by atoms with Crippen molar-refractivity contribution in [3.05, 3.63) is 51.7 Å². The minimum Gasteiger partial charge on any atom is -0.383 e. The number of piperidine rings is 2. The number of hydrogen-bond acceptors (Lipinski definition) is 10. The summed E-state index contributed by atoms with van der Waals surface area (Å²) < 4.78 is 37.7. The average Bonchev–Trinajstić information content (AvgIpc) is 3.54. The number of sulfone groups is 1. The molecule has 0 aliphatic carbocycles. The van der Waals surface area contributed by atoms with Gasteiger partial charge in [0.15, 0.2) is 26.7 Å². The van der Waals surface area contributed by atoms with E-state index in [9.17, 15) is 18.0 Å². The minimum atomic E-state index is -4.08. The first-order valence-corrected chi connectivity index (χ1v) is 18.6. The Labute approximate surface area is 276 Å². The molecule has 46 heavy (non-hydrogen) atoms. The van der Waals surface area contributed by atoms with Crippen molar-refractivity contribution >= 4 is 44.6 Å². The van der Waals surface area contributed by atoms with Crippen molar-refractivity contribution in [2.75, 3.05) is 57.9 Å². The van der Waals surface area contributed by atoms with Crippen LogP contribution in [0.25, 0.3) is 6.08 Å². The number of Topliss-reactive ketones (excluding diaryl/α,β-unsaturated/α-hetero) is 1. The number of carbonyl (C=O) groups is 2. The predicted molar refractivity (Wildman–Crippen MR) is 180 cm³/mol. The molecular formula is C34H47N3O7S2. The van der Waals surface area contributed by atoms with Gasteiger partial charge in [0.25, 0.3) is 5.91 Å². The molecule has 4 heterocycles. The first-order valence-electron chi connectivity index (χ1n) is 16.3. The van der Waals surface area contributed by atoms with Crippen molar-refractivity contribution in [2.24, 2.45) is 5.92 Å². The van der Waals surface area contributed by atoms with E-state index in [4.69, 9.17) is 14.3 Å². The van der Waals surface area contributed by atoms with E-state index in [0.717, 1.165) is 41.1 Å². The van der Waals surface area contributed by atoms with Crippen molar-refractivity contribution < 1.29 is 32.3 Å². The number of nitrogens with one attached hydrogen (secondary N) is 1. The van der Waals surface area contributed by atoms with Crippen LogP contribution in [0.1, 0.15) is 73.3 Å². The van der Waals surface area contributed by atoms with Crippen molar-refractivity contribution in [1.82, 2.24) is 10.4 Å². The van der Waals surface area contributed by atoms with Crippen LogP contribution in [0.2, 0.25) is 0 Å². The lowest BCUT2D eigenvalue weighted by molar-refractivity contribution is -0.202. The van der Waals surface area contributed by atoms with Gasteiger partial charge in [-0.25, -0.2) is 18.7 Å². The maximum atomic E-state index is 14.3. The van der Waals surface area contributed by atoms with Crippen molar-refractivity contribution in [1.29, 1.82) is 0 Å². The van der Waals surface area contributed by atoms with Crippen LogP contribution in [0.5, 0.6) is 0 Å². The smallest absolute Gasteiger partial charge is 0.265 e. The van der Waals surface area contributed by atoms with Crippen LogP contribution in [0.15, 0.2) is 46.9 Å². The van der Waals surface area contributed by atoms with Gasteiger partial charge in [0.2, 0.25) is 0 Å². The lowest BCUT2D eigenvalue weighted by Crippen LogP contribution is -2.58. The highest BCUT2D eigenvalue weighted by Gasteiger charge is 2.53. The van der Waals surface area contributed by atoms with E-state index in [1.54, 1.807) is 30.6 Å². The summed E-state index contributed by atoms with van der Waals surface area (Å²) in [5.74, 6) is -0.471. The molecule has 3 saturated heterocycles. The SMILES string of the molecule is COCCN1CCC(C(=O)NOC2CCCCO2)(S(=O)(=O)c2ccc(N3CCC(C(=O)c4ccc(C=C(C)C)s4)CC3)cc2)CC1. The van der Waals surface area contributed by atoms with Crippen LogP contribution in [0, 0.1) is 5.92 Å². The van der Waals surface area contributed by atoms with E-state index in [0.29, 0.717) is 52.4 Å². The van der Waals surface area contributed by atoms with Gasteiger partial charge >= 0.3 is 0 Å². The maximum Gasteiger partial charge on any atom is 0.265 e. The first kappa shape index (κ1) is 34.7. The van der Waals surface area contributed by atoms with Crippen molar-refractivity contribution in [2.45, 2.75) is 74.7 Å². The molecule has 1 aromatic carbocycles. The summed E-state index contributed by atoms with van der Waals surface area (Å²) in [6.07, 6.45) is 5.77. The average molecular weight is 674 g/mol. The van der Waals surface area contributed by atoms with Crippen molar-refractivity contribution in [3.63, 3.8) is 0 Å². The van der Waals surface area contributed by atoms with Crippen LogP contribution in [0.4, 0.5) is 5.69 Å². The fourth-order valence-electron chi connectivity index (χ4n) is 6.50. The number of hydrogen-bond donors (Lipinski definition) is 1. The standard InChI is InChI=1S/C34H47N3O7S2/c1-25(2)24-28-9-12-30(45-28)32(38)26-13-17-37(18-14-26)27-7-10-29(11-8-27)46(40,41)34(15-19-36(20-16-34)21-23-42-3)33(39)35-44-31-6-4-5-22-43-31/h7-12,24,26,31H,4-6,13-23H2,1-3H3,(H,35,39). The summed E-state index contributed by atoms with van der Waals surface area (Å²) in [6.45, 7) is 8.15. The third kappa shape index (κ3) is 7.91. The summed E-state index contributed by atoms with van der Waals surface area (Å²) >= 11 is 1.54. The van der Waals surface area contributed by atoms with Gasteiger partial charge < -0.3 is 19.3 Å². The fourth-order valence-corrected chi connectivity index (χ4v) is 9.54. The van der Waals surface area contributed by atoms with Gasteiger partial charge in [-0.3, -0.25) is 9.59 Å². The highest BCUT2D eigenvalue weighted by molar-refractivity contribution is 7.93. The minimum absolute atomic E-state index is 0.0246. The number of methoxy groups -OCH3 is 1. The van der Waals surface area contributed by atoms with Gasteiger partial charge in [-0.15, -0.1) is 11.3 Å². The second-order valence-corrected chi connectivity index (χ2v) is 16.1. The molecule has 0 spiro atoms. The molecule has 1 atom stereocenters. The molecule has 0 bridgehead atoms. The van der Waals surface area contributed by atoms with E-state index >= 15 is 0 Å². The zero-order valence-corrected chi connectivity index (χ0v) is 28.8. The monoisotopic (exact) mass is 673 g/mol. The van der Waals surface area contributed by atoms with E-state index in [1.165, 1.54) is 5.57 Å². The fraction of sp³-hybridized carbons (Fsp3) is 0.588. The van der Waals surface area contributed by atoms with Gasteiger partial charge in [0.1, 0.15) is 0 Å². The Morgan fingerprint density at radius 2 is 1.74 bits per heavy atom. The van der Waals surface area contributed by atoms with Crippen LogP contribution < -0.4 is 10.4 Å². The Morgan fingerprint density at radius 1 is 1.02 bits per heavy atom. The molecule has 5 rings (SSSR count). The molecule has 3 aliphatic rings. The predicted octanol–water partition coefficient (Wildman–Crippen LogP) is 5.10. The highest BCUT2D eigenvalue weighted by atomic mass is 32.2. The molecule has 10 nitrogen and oxygen atoms in total. The molecule has 252 valence electrons. The molecule has 12 heteroatoms. The number of hydroxylamine groups is 1. The summed E-state index contributed by atoms with van der Waals surface area (Å²) in [6, 6.07) is 10.8. The van der Waals surface area contributed by atoms with Gasteiger partial charge in [0, 0.05) is 69.3 Å². The summed E-state index contributed by atoms with van der Waals surface area (Å²) in [5.41, 5.74) is 4.57. The van der Waals surface area contributed by atoms with Crippen LogP contribution in [-0.4, -0.2) is 89.1 Å². The number of nitrogens with zero attached hydrogens (tertiary/aromatic N) is 2. The molecule has 0 radical (unpaired) electrons. The Hall–Kier alpha value is -2.61. The largest absolute Gasteiger partial charge is 0.383 e. The zero-order valence-electron chi connectivity index (χ0n) is 27.2. The molecule has 1 aromatic heterocycles.